The molecule has 0 aliphatic carbocycles. The summed E-state index contributed by atoms with van der Waals surface area (Å²) in [6, 6.07) is 64.0. The van der Waals surface area contributed by atoms with E-state index in [2.05, 4.69) is 352 Å². The molecule has 0 bridgehead atoms. The van der Waals surface area contributed by atoms with Crippen LogP contribution < -0.4 is 9.97 Å². The molecule has 0 amide bonds. The molecule has 0 unspecified atom stereocenters. The number of aliphatic hydroxyl groups excluding tert-OH is 1. The van der Waals surface area contributed by atoms with Crippen LogP contribution in [0.3, 0.4) is 0 Å². The molecule has 2 heterocycles. The van der Waals surface area contributed by atoms with Crippen molar-refractivity contribution in [1.29, 1.82) is 0 Å². The van der Waals surface area contributed by atoms with Crippen molar-refractivity contribution in [2.75, 3.05) is 20.3 Å². The van der Waals surface area contributed by atoms with Crippen LogP contribution in [0.1, 0.15) is 271 Å². The van der Waals surface area contributed by atoms with E-state index in [1.807, 2.05) is 38.1 Å². The summed E-state index contributed by atoms with van der Waals surface area (Å²) in [5, 5.41) is 30.1. The summed E-state index contributed by atoms with van der Waals surface area (Å²) < 4.78 is 84.7. The number of hydrogen-bond donors (Lipinski definition) is 4. The number of hydrogen-bond acceptors (Lipinski definition) is 9. The number of aryl methyl sites for hydroxylation is 2. The number of methoxy groups -OCH3 is 1. The summed E-state index contributed by atoms with van der Waals surface area (Å²) in [6.45, 7) is 58.3. The van der Waals surface area contributed by atoms with Crippen LogP contribution in [0.25, 0.3) is 11.1 Å². The summed E-state index contributed by atoms with van der Waals surface area (Å²) in [4.78, 5) is 7.44. The van der Waals surface area contributed by atoms with Crippen LogP contribution >= 0.6 is 0 Å². The van der Waals surface area contributed by atoms with Gasteiger partial charge in [-0.3, -0.25) is 4.55 Å². The molecule has 10 rings (SSSR count). The Morgan fingerprint density at radius 1 is 0.443 bits per heavy atom. The van der Waals surface area contributed by atoms with Crippen LogP contribution in [0, 0.1) is 47.0 Å². The van der Waals surface area contributed by atoms with E-state index >= 15 is 0 Å². The first-order valence-corrected chi connectivity index (χ1v) is 49.3. The fourth-order valence-corrected chi connectivity index (χ4v) is 18.3. The molecule has 12 nitrogen and oxygen atoms in total. The zero-order valence-corrected chi connectivity index (χ0v) is 84.7. The van der Waals surface area contributed by atoms with Gasteiger partial charge in [0.05, 0.1) is 13.2 Å². The largest absolute Gasteiger partial charge is 0.670 e. The Balaban J connectivity index is 0.000000503. The van der Waals surface area contributed by atoms with Crippen molar-refractivity contribution >= 4 is 40.4 Å². The average Bonchev–Trinajstić information content (AvgIpc) is 0.860. The van der Waals surface area contributed by atoms with Crippen molar-refractivity contribution in [2.24, 2.45) is 22.3 Å². The van der Waals surface area contributed by atoms with Gasteiger partial charge in [0.1, 0.15) is 11.5 Å². The predicted octanol–water partition coefficient (Wildman–Crippen LogP) is 28.0. The molecule has 19 heteroatoms. The number of alkyl halides is 3. The van der Waals surface area contributed by atoms with Crippen LogP contribution in [0.2, 0.25) is 0 Å². The molecule has 0 fully saturated rings. The molecular weight excluding hydrogens is 1800 g/mol. The maximum Gasteiger partial charge on any atom is 0.522 e. The predicted molar refractivity (Wildman–Crippen MR) is 500 cm³/mol. The third kappa shape index (κ3) is 37.0. The van der Waals surface area contributed by atoms with Gasteiger partial charge < -0.3 is 37.5 Å². The maximum atomic E-state index is 11.1. The van der Waals surface area contributed by atoms with E-state index in [1.165, 1.54) is 67.1 Å². The maximum absolute atomic E-state index is 11.1. The first-order valence-electron chi connectivity index (χ1n) is 41.7. The number of phenols is 2. The van der Waals surface area contributed by atoms with Gasteiger partial charge in [-0.1, -0.05) is 64.1 Å². The van der Waals surface area contributed by atoms with Gasteiger partial charge >= 0.3 is 482 Å². The minimum absolute atomic E-state index is 0. The van der Waals surface area contributed by atoms with Crippen molar-refractivity contribution in [1.82, 2.24) is 9.97 Å². The van der Waals surface area contributed by atoms with Gasteiger partial charge in [-0.25, -0.2) is 0 Å². The third-order valence-corrected chi connectivity index (χ3v) is 27.7. The monoisotopic (exact) mass is 1940 g/mol. The van der Waals surface area contributed by atoms with Crippen molar-refractivity contribution < 1.29 is 100.0 Å². The number of aliphatic hydroxyl groups is 1. The molecule has 10 aromatic rings. The molecule has 0 aliphatic heterocycles. The quantitative estimate of drug-likeness (QED) is 0.0221. The molecular formula is C103H141F3Mo3N5O7S-. The number of aromatic nitrogens is 2. The Bertz CT molecular complexity index is 4520. The second kappa shape index (κ2) is 54.5. The minimum atomic E-state index is -5.84. The Morgan fingerprint density at radius 3 is 0.934 bits per heavy atom. The third-order valence-electron chi connectivity index (χ3n) is 19.9. The number of benzene rings is 8. The molecule has 0 radical (unpaired) electrons. The standard InChI is InChI=1S/C24H34O2.3C12H17N.3C10H12.2C4H4N.C3H8O2.CHF3O3S.CH3.3Mo/c1-13(2)9-19-11-15(5)17(7)21(23(19)25)22-18(8)16(6)12-20(24(22)26)10-14(3)4;3*1-8(2)10-6-5-7-11(9(3)4)12(10)13;3*1-10(2,3)9-7-5-4-6-8-9;2*1-2-4-5-3-1;1-5-3-2-4;2-1(3,4)8(5,6)7;;;;/h11-14,25-26H,9-10H2,1-8H3;3*5-9H,1-4H3;3*1,4-8H,2-3H3;2*1-4H;4H,2-3H2,1H3;(H,5,6,7);1H3;;;/q;;;;;;;2*-1;;;-1;;;+2. The first kappa shape index (κ1) is 111. The second-order valence-corrected chi connectivity index (χ2v) is 40.4. The van der Waals surface area contributed by atoms with Gasteiger partial charge in [-0.2, -0.15) is 46.4 Å². The van der Waals surface area contributed by atoms with E-state index < -0.39 is 69.4 Å². The normalized spacial score (nSPS) is 11.2. The van der Waals surface area contributed by atoms with Crippen molar-refractivity contribution in [3.05, 3.63) is 298 Å². The molecule has 0 saturated carbocycles. The molecule has 0 spiro atoms. The van der Waals surface area contributed by atoms with Crippen LogP contribution in [-0.4, -0.2) is 67.3 Å². The average molecular weight is 1940 g/mol. The van der Waals surface area contributed by atoms with Crippen molar-refractivity contribution in [2.45, 2.75) is 250 Å². The van der Waals surface area contributed by atoms with Crippen molar-refractivity contribution in [3.63, 3.8) is 0 Å². The Hall–Kier alpha value is -7.39. The Labute approximate surface area is 757 Å². The molecule has 0 saturated heterocycles. The van der Waals surface area contributed by atoms with E-state index in [4.69, 9.17) is 28.6 Å². The van der Waals surface area contributed by atoms with E-state index in [9.17, 15) is 23.4 Å². The Morgan fingerprint density at radius 2 is 0.713 bits per heavy atom. The van der Waals surface area contributed by atoms with Crippen LogP contribution in [-0.2, 0) is 97.7 Å². The van der Waals surface area contributed by atoms with Crippen LogP contribution in [0.5, 0.6) is 11.5 Å². The van der Waals surface area contributed by atoms with Gasteiger partial charge in [-0.15, -0.1) is 0 Å². The first-order chi connectivity index (χ1) is 56.7. The fraction of sp³-hybridized carbons (Fsp3) is 0.417. The zero-order valence-electron chi connectivity index (χ0n) is 77.8. The number of rotatable bonds is 22. The van der Waals surface area contributed by atoms with Gasteiger partial charge in [0, 0.05) is 18.2 Å². The van der Waals surface area contributed by atoms with Gasteiger partial charge in [0.2, 0.25) is 0 Å². The summed E-state index contributed by atoms with van der Waals surface area (Å²) >= 11 is -1.66. The van der Waals surface area contributed by atoms with E-state index in [0.717, 1.165) is 57.3 Å². The molecule has 0 atom stereocenters. The molecule has 666 valence electrons. The van der Waals surface area contributed by atoms with Crippen molar-refractivity contribution in [3.8, 4) is 22.6 Å². The summed E-state index contributed by atoms with van der Waals surface area (Å²) in [5.41, 5.74) is 18.8. The van der Waals surface area contributed by atoms with Gasteiger partial charge in [0.15, 0.2) is 0 Å². The summed E-state index contributed by atoms with van der Waals surface area (Å²) in [6.07, 6.45) is 8.65. The van der Waals surface area contributed by atoms with E-state index in [1.54, 1.807) is 31.9 Å². The Kier molecular flexibility index (Phi) is 49.4. The number of halogens is 3. The fourth-order valence-electron chi connectivity index (χ4n) is 12.6. The number of nitrogens with zero attached hydrogens (tertiary/aromatic N) is 5. The number of ether oxygens (including phenoxy) is 1. The SMILES string of the molecule is CC(C)c1cccc(C(C)C)c1[N]=[Mo+2]=[CH]C(C)(C)c1ccccc1.CC(C)c1cccc(C(C)C)c1[N]=[Mo]=[CH]C(C)(C)c1ccccc1.CC(C)c1cccc(C(C)C)c1[N]=[Mo]=[CH]C(C)(C)c1ccccc1.COCCO.Cc1cc(CC(C)C)c(O)c(-c2c(C)c(C)cc(CC(C)C)c2O)c1C.O=S(=O)(O)C(F)(F)F.[CH3-].c1cc[n-]c1.c1cc[n-]c1. The van der Waals surface area contributed by atoms with Crippen LogP contribution in [0.4, 0.5) is 30.2 Å². The zero-order chi connectivity index (χ0) is 91.2. The molecule has 8 aromatic carbocycles. The van der Waals surface area contributed by atoms with Gasteiger partial charge in [0.25, 0.3) is 0 Å². The van der Waals surface area contributed by atoms with E-state index in [0.29, 0.717) is 65.4 Å². The summed E-state index contributed by atoms with van der Waals surface area (Å²) in [5.74, 6) is 4.62. The molecule has 0 aliphatic rings. The molecule has 4 N–H and O–H groups in total. The number of phenolic OH excluding ortho intramolecular Hbond substituents is 2. The smallest absolute Gasteiger partial charge is 0.522 e. The topological polar surface area (TPSA) is 190 Å². The molecule has 122 heavy (non-hydrogen) atoms. The second-order valence-electron chi connectivity index (χ2n) is 34.4. The number of aromatic hydroxyl groups is 2. The molecule has 2 aromatic heterocycles. The summed E-state index contributed by atoms with van der Waals surface area (Å²) in [7, 11) is -4.29. The van der Waals surface area contributed by atoms with Crippen LogP contribution in [0.15, 0.2) is 217 Å². The minimum Gasteiger partial charge on any atom is -0.670 e. The van der Waals surface area contributed by atoms with E-state index in [-0.39, 0.29) is 30.3 Å². The van der Waals surface area contributed by atoms with Gasteiger partial charge in [-0.05, 0) is 85.8 Å².